The van der Waals surface area contributed by atoms with Gasteiger partial charge in [0.1, 0.15) is 0 Å². The van der Waals surface area contributed by atoms with E-state index in [2.05, 4.69) is 21.6 Å². The van der Waals surface area contributed by atoms with Crippen LogP contribution < -0.4 is 10.3 Å². The second kappa shape index (κ2) is 8.29. The van der Waals surface area contributed by atoms with Gasteiger partial charge in [0, 0.05) is 37.2 Å². The Balaban J connectivity index is 1.91. The van der Waals surface area contributed by atoms with Crippen LogP contribution in [0.3, 0.4) is 0 Å². The Kier molecular flexibility index (Phi) is 5.83. The molecule has 2 aromatic rings. The number of pyridine rings is 1. The van der Waals surface area contributed by atoms with Crippen molar-refractivity contribution in [3.8, 4) is 6.07 Å². The van der Waals surface area contributed by atoms with E-state index in [0.717, 1.165) is 11.3 Å². The molecule has 0 aliphatic heterocycles. The smallest absolute Gasteiger partial charge is 0.271 e. The summed E-state index contributed by atoms with van der Waals surface area (Å²) in [6.07, 6.45) is 5.18. The Morgan fingerprint density at radius 2 is 2.00 bits per heavy atom. The molecule has 1 N–H and O–H groups in total. The molecule has 1 aromatic heterocycles. The van der Waals surface area contributed by atoms with Gasteiger partial charge in [-0.25, -0.2) is 5.43 Å². The van der Waals surface area contributed by atoms with Gasteiger partial charge in [-0.3, -0.25) is 9.78 Å². The summed E-state index contributed by atoms with van der Waals surface area (Å²) in [5, 5.41) is 12.5. The van der Waals surface area contributed by atoms with Gasteiger partial charge in [0.05, 0.1) is 18.7 Å². The lowest BCUT2D eigenvalue weighted by Crippen LogP contribution is -2.18. The standard InChI is InChI=1S/C17H17N5O/c1-22(12-2-9-18)16-5-3-14(4-6-16)13-20-21-17(23)15-7-10-19-11-8-15/h3-8,10-11,13H,2,12H2,1H3,(H,21,23)/b20-13+. The molecule has 116 valence electrons. The number of benzene rings is 1. The Morgan fingerprint density at radius 3 is 2.65 bits per heavy atom. The topological polar surface area (TPSA) is 81.4 Å². The van der Waals surface area contributed by atoms with Gasteiger partial charge in [-0.1, -0.05) is 12.1 Å². The maximum absolute atomic E-state index is 11.8. The van der Waals surface area contributed by atoms with Crippen LogP contribution in [0.1, 0.15) is 22.3 Å². The molecule has 0 spiro atoms. The number of nitrogens with zero attached hydrogens (tertiary/aromatic N) is 4. The van der Waals surface area contributed by atoms with E-state index >= 15 is 0 Å². The molecular formula is C17H17N5O. The van der Waals surface area contributed by atoms with Crippen molar-refractivity contribution in [2.75, 3.05) is 18.5 Å². The lowest BCUT2D eigenvalue weighted by molar-refractivity contribution is 0.0955. The molecule has 0 atom stereocenters. The molecule has 6 nitrogen and oxygen atoms in total. The van der Waals surface area contributed by atoms with Crippen molar-refractivity contribution in [1.82, 2.24) is 10.4 Å². The first kappa shape index (κ1) is 16.2. The molecule has 0 aliphatic rings. The Hall–Kier alpha value is -3.20. The molecule has 0 fully saturated rings. The number of hydrazone groups is 1. The first-order valence-electron chi connectivity index (χ1n) is 7.12. The minimum Gasteiger partial charge on any atom is -0.374 e. The van der Waals surface area contributed by atoms with Gasteiger partial charge >= 0.3 is 0 Å². The third-order valence-corrected chi connectivity index (χ3v) is 3.22. The number of amides is 1. The quantitative estimate of drug-likeness (QED) is 0.655. The van der Waals surface area contributed by atoms with Gasteiger partial charge in [0.25, 0.3) is 5.91 Å². The maximum atomic E-state index is 11.8. The molecule has 6 heteroatoms. The molecule has 0 bridgehead atoms. The first-order chi connectivity index (χ1) is 11.2. The van der Waals surface area contributed by atoms with Crippen LogP contribution in [0, 0.1) is 11.3 Å². The van der Waals surface area contributed by atoms with Crippen LogP contribution in [-0.2, 0) is 0 Å². The number of rotatable bonds is 6. The number of hydrogen-bond acceptors (Lipinski definition) is 5. The van der Waals surface area contributed by atoms with Crippen LogP contribution in [0.4, 0.5) is 5.69 Å². The largest absolute Gasteiger partial charge is 0.374 e. The normalized spacial score (nSPS) is 10.3. The summed E-state index contributed by atoms with van der Waals surface area (Å²) in [4.78, 5) is 17.7. The fourth-order valence-electron chi connectivity index (χ4n) is 1.89. The summed E-state index contributed by atoms with van der Waals surface area (Å²) in [5.41, 5.74) is 4.87. The van der Waals surface area contributed by atoms with Crippen LogP contribution in [0.2, 0.25) is 0 Å². The van der Waals surface area contributed by atoms with Gasteiger partial charge in [-0.05, 0) is 29.8 Å². The van der Waals surface area contributed by atoms with Crippen LogP contribution >= 0.6 is 0 Å². The Labute approximate surface area is 135 Å². The molecule has 2 rings (SSSR count). The zero-order valence-electron chi connectivity index (χ0n) is 12.8. The molecule has 1 heterocycles. The van der Waals surface area contributed by atoms with E-state index in [1.807, 2.05) is 36.2 Å². The molecule has 1 amide bonds. The van der Waals surface area contributed by atoms with Crippen molar-refractivity contribution in [2.24, 2.45) is 5.10 Å². The minimum absolute atomic E-state index is 0.281. The third-order valence-electron chi connectivity index (χ3n) is 3.22. The van der Waals surface area contributed by atoms with E-state index in [1.54, 1.807) is 30.7 Å². The first-order valence-corrected chi connectivity index (χ1v) is 7.12. The highest BCUT2D eigenvalue weighted by Crippen LogP contribution is 2.13. The average molecular weight is 307 g/mol. The summed E-state index contributed by atoms with van der Waals surface area (Å²) in [7, 11) is 1.94. The summed E-state index contributed by atoms with van der Waals surface area (Å²) in [6.45, 7) is 0.686. The second-order valence-corrected chi connectivity index (χ2v) is 4.86. The molecule has 1 aromatic carbocycles. The highest BCUT2D eigenvalue weighted by atomic mass is 16.2. The lowest BCUT2D eigenvalue weighted by atomic mass is 10.2. The van der Waals surface area contributed by atoms with Crippen molar-refractivity contribution in [3.63, 3.8) is 0 Å². The predicted molar refractivity (Wildman–Crippen MR) is 89.2 cm³/mol. The number of carbonyl (C=O) groups is 1. The minimum atomic E-state index is -0.281. The molecule has 0 aliphatic carbocycles. The number of nitriles is 1. The zero-order valence-corrected chi connectivity index (χ0v) is 12.8. The van der Waals surface area contributed by atoms with E-state index in [-0.39, 0.29) is 5.91 Å². The van der Waals surface area contributed by atoms with E-state index in [4.69, 9.17) is 5.26 Å². The van der Waals surface area contributed by atoms with Gasteiger partial charge in [0.15, 0.2) is 0 Å². The molecule has 0 unspecified atom stereocenters. The second-order valence-electron chi connectivity index (χ2n) is 4.86. The summed E-state index contributed by atoms with van der Waals surface area (Å²) in [6, 6.07) is 13.1. The fourth-order valence-corrected chi connectivity index (χ4v) is 1.89. The Bertz CT molecular complexity index is 704. The van der Waals surface area contributed by atoms with Crippen LogP contribution in [0.25, 0.3) is 0 Å². The van der Waals surface area contributed by atoms with E-state index in [9.17, 15) is 4.79 Å². The molecular weight excluding hydrogens is 290 g/mol. The van der Waals surface area contributed by atoms with Gasteiger partial charge in [-0.2, -0.15) is 10.4 Å². The maximum Gasteiger partial charge on any atom is 0.271 e. The Morgan fingerprint density at radius 1 is 1.30 bits per heavy atom. The molecule has 0 saturated heterocycles. The average Bonchev–Trinajstić information content (AvgIpc) is 2.61. The monoisotopic (exact) mass is 307 g/mol. The van der Waals surface area contributed by atoms with Crippen LogP contribution in [0.5, 0.6) is 0 Å². The van der Waals surface area contributed by atoms with Crippen molar-refractivity contribution in [1.29, 1.82) is 5.26 Å². The number of nitrogens with one attached hydrogen (secondary N) is 1. The lowest BCUT2D eigenvalue weighted by Gasteiger charge is -2.17. The van der Waals surface area contributed by atoms with Crippen LogP contribution in [-0.4, -0.2) is 30.7 Å². The highest BCUT2D eigenvalue weighted by Gasteiger charge is 2.02. The van der Waals surface area contributed by atoms with Crippen LogP contribution in [0.15, 0.2) is 53.9 Å². The SMILES string of the molecule is CN(CCC#N)c1ccc(/C=N/NC(=O)c2ccncc2)cc1. The van der Waals surface area contributed by atoms with Crippen molar-refractivity contribution in [3.05, 3.63) is 59.9 Å². The van der Waals surface area contributed by atoms with Crippen molar-refractivity contribution in [2.45, 2.75) is 6.42 Å². The number of hydrogen-bond donors (Lipinski definition) is 1. The molecule has 0 radical (unpaired) electrons. The van der Waals surface area contributed by atoms with Crippen molar-refractivity contribution < 1.29 is 4.79 Å². The summed E-state index contributed by atoms with van der Waals surface area (Å²) >= 11 is 0. The number of anilines is 1. The van der Waals surface area contributed by atoms with E-state index < -0.39 is 0 Å². The molecule has 23 heavy (non-hydrogen) atoms. The number of carbonyl (C=O) groups excluding carboxylic acids is 1. The zero-order chi connectivity index (χ0) is 16.5. The molecule has 0 saturated carbocycles. The summed E-state index contributed by atoms with van der Waals surface area (Å²) in [5.74, 6) is -0.281. The number of aromatic nitrogens is 1. The third kappa shape index (κ3) is 4.93. The predicted octanol–water partition coefficient (Wildman–Crippen LogP) is 2.20. The highest BCUT2D eigenvalue weighted by molar-refractivity contribution is 5.94. The summed E-state index contributed by atoms with van der Waals surface area (Å²) < 4.78 is 0. The van der Waals surface area contributed by atoms with Gasteiger partial charge in [-0.15, -0.1) is 0 Å². The fraction of sp³-hybridized carbons (Fsp3) is 0.176. The van der Waals surface area contributed by atoms with E-state index in [1.165, 1.54) is 0 Å². The van der Waals surface area contributed by atoms with Gasteiger partial charge < -0.3 is 4.90 Å². The van der Waals surface area contributed by atoms with Crippen molar-refractivity contribution >= 4 is 17.8 Å². The van der Waals surface area contributed by atoms with Gasteiger partial charge in [0.2, 0.25) is 0 Å². The van der Waals surface area contributed by atoms with E-state index in [0.29, 0.717) is 18.5 Å².